The number of hydrogen-bond donors (Lipinski definition) is 3. The van der Waals surface area contributed by atoms with Gasteiger partial charge < -0.3 is 30.2 Å². The number of nitrogens with two attached hydrogens (primary N) is 1. The Bertz CT molecular complexity index is 1310. The average Bonchev–Trinajstić information content (AvgIpc) is 3.25. The van der Waals surface area contributed by atoms with E-state index in [1.165, 1.54) is 4.90 Å². The van der Waals surface area contributed by atoms with Crippen LogP contribution in [-0.2, 0) is 44.8 Å². The van der Waals surface area contributed by atoms with Gasteiger partial charge in [0, 0.05) is 43.8 Å². The molecule has 1 aromatic carbocycles. The van der Waals surface area contributed by atoms with Crippen LogP contribution in [0.4, 0.5) is 26.3 Å². The molecule has 4 N–H and O–H groups in total. The normalized spacial score (nSPS) is 13.8. The highest BCUT2D eigenvalue weighted by Gasteiger charge is 2.42. The summed E-state index contributed by atoms with van der Waals surface area (Å²) in [6.07, 6.45) is -4.31. The molecule has 3 rings (SSSR count). The number of rotatable bonds is 7. The standard InChI is InChI=1S/C19H18F6N4O3.C4H4O4/c1-32-17(31)16-14-8-28(2-3-29(14)18(27-16)19(23,24)25)15(30)6-10(26)4-9-5-12(21)13(22)7-11(9)20;5-3(6)1-2-4(7)8/h5,7,10H,2-4,6,8,26H2,1H3;1-2H,(H,5,6)(H,7,8)/b;2-1+/t10-;/m1./s1. The lowest BCUT2D eigenvalue weighted by Crippen LogP contribution is -2.42. The number of methoxy groups -OCH3 is 1. The molecule has 0 spiro atoms. The van der Waals surface area contributed by atoms with Crippen molar-refractivity contribution in [3.8, 4) is 0 Å². The Morgan fingerprint density at radius 1 is 1.05 bits per heavy atom. The number of nitrogens with zero attached hydrogens (tertiary/aromatic N) is 3. The summed E-state index contributed by atoms with van der Waals surface area (Å²) >= 11 is 0. The molecule has 40 heavy (non-hydrogen) atoms. The van der Waals surface area contributed by atoms with E-state index in [-0.39, 0.29) is 43.7 Å². The number of fused-ring (bicyclic) bond motifs is 1. The maximum absolute atomic E-state index is 13.8. The molecule has 1 aliphatic heterocycles. The molecule has 0 fully saturated rings. The maximum atomic E-state index is 13.8. The number of carboxylic acid groups (broad SMARTS) is 2. The SMILES string of the molecule is COC(=O)c1nc(C(F)(F)F)n2c1CN(C(=O)C[C@H](N)Cc1cc(F)c(F)cc1F)CC2.O=C(O)/C=C/C(=O)O. The smallest absolute Gasteiger partial charge is 0.449 e. The molecule has 1 amide bonds. The summed E-state index contributed by atoms with van der Waals surface area (Å²) in [5.74, 6) is -9.08. The topological polar surface area (TPSA) is 165 Å². The van der Waals surface area contributed by atoms with Gasteiger partial charge in [-0.3, -0.25) is 4.79 Å². The Morgan fingerprint density at radius 2 is 1.62 bits per heavy atom. The molecule has 1 aliphatic rings. The summed E-state index contributed by atoms with van der Waals surface area (Å²) < 4.78 is 85.3. The maximum Gasteiger partial charge on any atom is 0.449 e. The van der Waals surface area contributed by atoms with E-state index in [2.05, 4.69) is 9.72 Å². The summed E-state index contributed by atoms with van der Waals surface area (Å²) in [5, 5.41) is 15.6. The minimum atomic E-state index is -4.82. The molecule has 0 aliphatic carbocycles. The molecule has 1 aromatic heterocycles. The van der Waals surface area contributed by atoms with Crippen molar-refractivity contribution in [3.63, 3.8) is 0 Å². The first-order valence-corrected chi connectivity index (χ1v) is 11.1. The second-order valence-corrected chi connectivity index (χ2v) is 8.22. The first kappa shape index (κ1) is 31.8. The van der Waals surface area contributed by atoms with Gasteiger partial charge in [-0.05, 0) is 18.1 Å². The minimum Gasteiger partial charge on any atom is -0.478 e. The number of carbonyl (C=O) groups is 4. The predicted molar refractivity (Wildman–Crippen MR) is 121 cm³/mol. The summed E-state index contributed by atoms with van der Waals surface area (Å²) in [7, 11) is 0.990. The van der Waals surface area contributed by atoms with Gasteiger partial charge in [0.15, 0.2) is 17.3 Å². The van der Waals surface area contributed by atoms with Crippen molar-refractivity contribution in [3.05, 3.63) is 64.5 Å². The van der Waals surface area contributed by atoms with E-state index >= 15 is 0 Å². The van der Waals surface area contributed by atoms with Gasteiger partial charge in [-0.15, -0.1) is 0 Å². The lowest BCUT2D eigenvalue weighted by molar-refractivity contribution is -0.148. The number of ether oxygens (including phenoxy) is 1. The van der Waals surface area contributed by atoms with Gasteiger partial charge in [0.1, 0.15) is 5.82 Å². The Hall–Kier alpha value is -4.41. The molecule has 1 atom stereocenters. The van der Waals surface area contributed by atoms with Gasteiger partial charge >= 0.3 is 24.1 Å². The molecule has 0 saturated carbocycles. The molecule has 0 unspecified atom stereocenters. The van der Waals surface area contributed by atoms with E-state index < -0.39 is 65.0 Å². The summed E-state index contributed by atoms with van der Waals surface area (Å²) in [6.45, 7) is -0.732. The van der Waals surface area contributed by atoms with Crippen LogP contribution in [0.2, 0.25) is 0 Å². The molecule has 11 nitrogen and oxygen atoms in total. The predicted octanol–water partition coefficient (Wildman–Crippen LogP) is 2.12. The molecular weight excluding hydrogens is 558 g/mol. The van der Waals surface area contributed by atoms with E-state index in [1.807, 2.05) is 0 Å². The molecular formula is C23H22F6N4O7. The molecule has 218 valence electrons. The zero-order chi connectivity index (χ0) is 30.4. The number of esters is 1. The fourth-order valence-corrected chi connectivity index (χ4v) is 3.63. The lowest BCUT2D eigenvalue weighted by Gasteiger charge is -2.30. The van der Waals surface area contributed by atoms with Gasteiger partial charge in [0.05, 0.1) is 19.3 Å². The summed E-state index contributed by atoms with van der Waals surface area (Å²) in [6, 6.07) is 0.0485. The Kier molecular flexibility index (Phi) is 10.4. The van der Waals surface area contributed by atoms with Crippen LogP contribution in [0.1, 0.15) is 34.0 Å². The molecule has 0 saturated heterocycles. The number of benzene rings is 1. The van der Waals surface area contributed by atoms with E-state index in [0.717, 1.165) is 11.7 Å². The van der Waals surface area contributed by atoms with Crippen LogP contribution in [-0.4, -0.2) is 68.2 Å². The minimum absolute atomic E-state index is 0.113. The Labute approximate surface area is 221 Å². The first-order chi connectivity index (χ1) is 18.5. The van der Waals surface area contributed by atoms with E-state index in [4.69, 9.17) is 15.9 Å². The van der Waals surface area contributed by atoms with Gasteiger partial charge in [0.25, 0.3) is 0 Å². The van der Waals surface area contributed by atoms with Crippen molar-refractivity contribution in [2.24, 2.45) is 5.73 Å². The summed E-state index contributed by atoms with van der Waals surface area (Å²) in [4.78, 5) is 48.2. The second-order valence-electron chi connectivity index (χ2n) is 8.22. The molecule has 2 heterocycles. The van der Waals surface area contributed by atoms with Crippen molar-refractivity contribution < 1.29 is 60.5 Å². The second kappa shape index (κ2) is 13.1. The van der Waals surface area contributed by atoms with Gasteiger partial charge in [-0.25, -0.2) is 32.5 Å². The monoisotopic (exact) mass is 580 g/mol. The number of aliphatic carboxylic acids is 2. The Morgan fingerprint density at radius 3 is 2.15 bits per heavy atom. The van der Waals surface area contributed by atoms with Crippen LogP contribution in [0, 0.1) is 17.5 Å². The van der Waals surface area contributed by atoms with Crippen LogP contribution in [0.25, 0.3) is 0 Å². The molecule has 0 bridgehead atoms. The van der Waals surface area contributed by atoms with E-state index in [9.17, 15) is 45.5 Å². The molecule has 2 aromatic rings. The van der Waals surface area contributed by atoms with Gasteiger partial charge in [0.2, 0.25) is 11.7 Å². The third-order valence-electron chi connectivity index (χ3n) is 5.37. The fourth-order valence-electron chi connectivity index (χ4n) is 3.63. The highest BCUT2D eigenvalue weighted by atomic mass is 19.4. The largest absolute Gasteiger partial charge is 0.478 e. The van der Waals surface area contributed by atoms with Crippen molar-refractivity contribution in [1.82, 2.24) is 14.5 Å². The third kappa shape index (κ3) is 8.29. The van der Waals surface area contributed by atoms with Crippen LogP contribution >= 0.6 is 0 Å². The highest BCUT2D eigenvalue weighted by Crippen LogP contribution is 2.32. The number of aromatic nitrogens is 2. The molecule has 17 heteroatoms. The number of carboxylic acids is 2. The number of imidazole rings is 1. The number of carbonyl (C=O) groups excluding carboxylic acids is 2. The van der Waals surface area contributed by atoms with Crippen LogP contribution < -0.4 is 5.73 Å². The van der Waals surface area contributed by atoms with E-state index in [0.29, 0.717) is 24.3 Å². The lowest BCUT2D eigenvalue weighted by atomic mass is 10.0. The first-order valence-electron chi connectivity index (χ1n) is 11.1. The number of halogens is 6. The quantitative estimate of drug-likeness (QED) is 0.193. The van der Waals surface area contributed by atoms with Gasteiger partial charge in [-0.2, -0.15) is 13.2 Å². The van der Waals surface area contributed by atoms with Crippen molar-refractivity contribution in [2.75, 3.05) is 13.7 Å². The molecule has 0 radical (unpaired) electrons. The van der Waals surface area contributed by atoms with Crippen LogP contribution in [0.3, 0.4) is 0 Å². The zero-order valence-electron chi connectivity index (χ0n) is 20.5. The summed E-state index contributed by atoms with van der Waals surface area (Å²) in [5.41, 5.74) is 4.95. The van der Waals surface area contributed by atoms with Crippen molar-refractivity contribution in [2.45, 2.75) is 38.1 Å². The number of alkyl halides is 3. The number of hydrogen-bond acceptors (Lipinski definition) is 7. The fraction of sp³-hybridized carbons (Fsp3) is 0.348. The average molecular weight is 580 g/mol. The number of amides is 1. The van der Waals surface area contributed by atoms with Crippen molar-refractivity contribution in [1.29, 1.82) is 0 Å². The van der Waals surface area contributed by atoms with E-state index in [1.54, 1.807) is 0 Å². The Balaban J connectivity index is 0.000000611. The zero-order valence-corrected chi connectivity index (χ0v) is 20.5. The third-order valence-corrected chi connectivity index (χ3v) is 5.37. The van der Waals surface area contributed by atoms with Gasteiger partial charge in [-0.1, -0.05) is 0 Å². The van der Waals surface area contributed by atoms with Crippen LogP contribution in [0.5, 0.6) is 0 Å². The highest BCUT2D eigenvalue weighted by molar-refractivity contribution is 5.90. The van der Waals surface area contributed by atoms with Crippen molar-refractivity contribution >= 4 is 23.8 Å². The van der Waals surface area contributed by atoms with Crippen LogP contribution in [0.15, 0.2) is 24.3 Å².